The molecule has 0 fully saturated rings. The van der Waals surface area contributed by atoms with Crippen LogP contribution in [0.4, 0.5) is 0 Å². The fraction of sp³-hybridized carbons (Fsp3) is 0.632. The maximum Gasteiger partial charge on any atom is 0.191 e. The molecular formula is C19H33IN6OS. The predicted octanol–water partition coefficient (Wildman–Crippen LogP) is 3.20. The van der Waals surface area contributed by atoms with Gasteiger partial charge in [-0.1, -0.05) is 0 Å². The quantitative estimate of drug-likeness (QED) is 0.218. The summed E-state index contributed by atoms with van der Waals surface area (Å²) < 4.78 is 7.37. The zero-order valence-electron chi connectivity index (χ0n) is 17.5. The van der Waals surface area contributed by atoms with Crippen LogP contribution in [0, 0.1) is 13.8 Å². The first kappa shape index (κ1) is 24.8. The van der Waals surface area contributed by atoms with Crippen LogP contribution in [0.2, 0.25) is 0 Å². The molecule has 0 aliphatic carbocycles. The van der Waals surface area contributed by atoms with Gasteiger partial charge in [0.25, 0.3) is 0 Å². The van der Waals surface area contributed by atoms with Gasteiger partial charge in [0.05, 0.1) is 0 Å². The van der Waals surface area contributed by atoms with Gasteiger partial charge in [0.1, 0.15) is 12.4 Å². The van der Waals surface area contributed by atoms with Crippen molar-refractivity contribution in [3.05, 3.63) is 33.5 Å². The van der Waals surface area contributed by atoms with Crippen molar-refractivity contribution >= 4 is 41.3 Å². The van der Waals surface area contributed by atoms with Crippen LogP contribution < -0.4 is 10.6 Å². The van der Waals surface area contributed by atoms with Crippen LogP contribution in [-0.2, 0) is 24.8 Å². The SMILES string of the molecule is CCOCCCNC(=NCc1nnc(C)n1C)NC(C)Cc1ccc(C)s1.I. The topological polar surface area (TPSA) is 76.4 Å². The standard InChI is InChI=1S/C19H32N6OS.HI/c1-6-26-11-7-10-20-19(21-13-18-24-23-16(4)25(18)5)22-14(2)12-17-9-8-15(3)27-17;/h8-9,14H,6-7,10-13H2,1-5H3,(H2,20,21,22);1H. The number of nitrogens with one attached hydrogen (secondary N) is 2. The lowest BCUT2D eigenvalue weighted by molar-refractivity contribution is 0.145. The lowest BCUT2D eigenvalue weighted by Crippen LogP contribution is -2.43. The van der Waals surface area contributed by atoms with Crippen LogP contribution in [-0.4, -0.2) is 46.5 Å². The van der Waals surface area contributed by atoms with E-state index in [0.717, 1.165) is 50.2 Å². The molecular weight excluding hydrogens is 487 g/mol. The van der Waals surface area contributed by atoms with Crippen molar-refractivity contribution in [1.29, 1.82) is 0 Å². The lowest BCUT2D eigenvalue weighted by Gasteiger charge is -2.18. The van der Waals surface area contributed by atoms with E-state index in [-0.39, 0.29) is 30.0 Å². The number of rotatable bonds is 10. The van der Waals surface area contributed by atoms with E-state index < -0.39 is 0 Å². The summed E-state index contributed by atoms with van der Waals surface area (Å²) in [6.45, 7) is 11.1. The number of hydrogen-bond donors (Lipinski definition) is 2. The van der Waals surface area contributed by atoms with Gasteiger partial charge >= 0.3 is 0 Å². The summed E-state index contributed by atoms with van der Waals surface area (Å²) in [4.78, 5) is 7.43. The average Bonchev–Trinajstić information content (AvgIpc) is 3.18. The van der Waals surface area contributed by atoms with Crippen molar-refractivity contribution < 1.29 is 4.74 Å². The van der Waals surface area contributed by atoms with Crippen LogP contribution in [0.15, 0.2) is 17.1 Å². The molecule has 28 heavy (non-hydrogen) atoms. The first-order valence-electron chi connectivity index (χ1n) is 9.52. The third-order valence-electron chi connectivity index (χ3n) is 4.21. The third-order valence-corrected chi connectivity index (χ3v) is 5.23. The van der Waals surface area contributed by atoms with Gasteiger partial charge in [0, 0.05) is 49.0 Å². The highest BCUT2D eigenvalue weighted by Crippen LogP contribution is 2.16. The van der Waals surface area contributed by atoms with Crippen molar-refractivity contribution in [1.82, 2.24) is 25.4 Å². The molecule has 2 aromatic heterocycles. The fourth-order valence-electron chi connectivity index (χ4n) is 2.60. The largest absolute Gasteiger partial charge is 0.382 e. The molecule has 9 heteroatoms. The molecule has 2 heterocycles. The van der Waals surface area contributed by atoms with Crippen molar-refractivity contribution in [2.75, 3.05) is 19.8 Å². The maximum absolute atomic E-state index is 5.40. The number of nitrogens with zero attached hydrogens (tertiary/aromatic N) is 4. The Morgan fingerprint density at radius 1 is 1.32 bits per heavy atom. The van der Waals surface area contributed by atoms with Gasteiger partial charge in [0.2, 0.25) is 0 Å². The molecule has 0 aliphatic heterocycles. The molecule has 0 radical (unpaired) electrons. The van der Waals surface area contributed by atoms with Crippen molar-refractivity contribution in [3.63, 3.8) is 0 Å². The van der Waals surface area contributed by atoms with E-state index in [1.165, 1.54) is 9.75 Å². The van der Waals surface area contributed by atoms with Gasteiger partial charge in [0.15, 0.2) is 11.8 Å². The van der Waals surface area contributed by atoms with E-state index in [2.05, 4.69) is 46.8 Å². The Kier molecular flexibility index (Phi) is 11.6. The number of ether oxygens (including phenoxy) is 1. The molecule has 0 saturated carbocycles. The lowest BCUT2D eigenvalue weighted by atomic mass is 10.2. The number of aryl methyl sites for hydroxylation is 2. The number of guanidine groups is 1. The van der Waals surface area contributed by atoms with Gasteiger partial charge in [-0.3, -0.25) is 0 Å². The summed E-state index contributed by atoms with van der Waals surface area (Å²) in [5.41, 5.74) is 0. The number of thiophene rings is 1. The summed E-state index contributed by atoms with van der Waals surface area (Å²) in [6.07, 6.45) is 1.91. The van der Waals surface area contributed by atoms with Crippen LogP contribution in [0.5, 0.6) is 0 Å². The van der Waals surface area contributed by atoms with Crippen molar-refractivity contribution in [2.45, 2.75) is 53.1 Å². The average molecular weight is 520 g/mol. The molecule has 0 aromatic carbocycles. The summed E-state index contributed by atoms with van der Waals surface area (Å²) >= 11 is 1.85. The van der Waals surface area contributed by atoms with Gasteiger partial charge in [-0.2, -0.15) is 0 Å². The molecule has 0 aliphatic rings. The normalized spacial score (nSPS) is 12.5. The summed E-state index contributed by atoms with van der Waals surface area (Å²) in [5, 5.41) is 15.2. The second-order valence-electron chi connectivity index (χ2n) is 6.63. The second kappa shape index (κ2) is 13.1. The summed E-state index contributed by atoms with van der Waals surface area (Å²) in [6, 6.07) is 4.65. The minimum Gasteiger partial charge on any atom is -0.382 e. The van der Waals surface area contributed by atoms with E-state index in [9.17, 15) is 0 Å². The van der Waals surface area contributed by atoms with E-state index in [1.54, 1.807) is 0 Å². The molecule has 7 nitrogen and oxygen atoms in total. The van der Waals surface area contributed by atoms with E-state index in [4.69, 9.17) is 9.73 Å². The van der Waals surface area contributed by atoms with E-state index >= 15 is 0 Å². The Morgan fingerprint density at radius 2 is 2.11 bits per heavy atom. The van der Waals surface area contributed by atoms with Gasteiger partial charge in [-0.25, -0.2) is 4.99 Å². The van der Waals surface area contributed by atoms with Crippen molar-refractivity contribution in [3.8, 4) is 0 Å². The van der Waals surface area contributed by atoms with Crippen LogP contribution in [0.3, 0.4) is 0 Å². The van der Waals surface area contributed by atoms with Gasteiger partial charge < -0.3 is 19.9 Å². The number of halogens is 1. The molecule has 0 amide bonds. The Hall–Kier alpha value is -1.20. The molecule has 0 saturated heterocycles. The molecule has 2 N–H and O–H groups in total. The van der Waals surface area contributed by atoms with E-state index in [0.29, 0.717) is 6.54 Å². The van der Waals surface area contributed by atoms with Crippen LogP contribution in [0.25, 0.3) is 0 Å². The molecule has 2 rings (SSSR count). The second-order valence-corrected chi connectivity index (χ2v) is 8.00. The molecule has 2 aromatic rings. The Balaban J connectivity index is 0.00000392. The van der Waals surface area contributed by atoms with Gasteiger partial charge in [-0.05, 0) is 46.2 Å². The Labute approximate surface area is 189 Å². The molecule has 158 valence electrons. The first-order chi connectivity index (χ1) is 13.0. The smallest absolute Gasteiger partial charge is 0.191 e. The maximum atomic E-state index is 5.40. The third kappa shape index (κ3) is 8.44. The number of hydrogen-bond acceptors (Lipinski definition) is 5. The number of aliphatic imine (C=N–C) groups is 1. The van der Waals surface area contributed by atoms with Gasteiger partial charge in [-0.15, -0.1) is 45.5 Å². The summed E-state index contributed by atoms with van der Waals surface area (Å²) in [5.74, 6) is 2.54. The van der Waals surface area contributed by atoms with Crippen molar-refractivity contribution in [2.24, 2.45) is 12.0 Å². The molecule has 0 bridgehead atoms. The Bertz CT molecular complexity index is 730. The summed E-state index contributed by atoms with van der Waals surface area (Å²) in [7, 11) is 1.96. The monoisotopic (exact) mass is 520 g/mol. The molecule has 0 spiro atoms. The number of aromatic nitrogens is 3. The first-order valence-corrected chi connectivity index (χ1v) is 10.3. The van der Waals surface area contributed by atoms with E-state index in [1.807, 2.05) is 36.8 Å². The minimum absolute atomic E-state index is 0. The van der Waals surface area contributed by atoms with Crippen LogP contribution in [0.1, 0.15) is 41.7 Å². The highest BCUT2D eigenvalue weighted by atomic mass is 127. The zero-order valence-corrected chi connectivity index (χ0v) is 20.6. The Morgan fingerprint density at radius 3 is 2.71 bits per heavy atom. The molecule has 1 atom stereocenters. The molecule has 1 unspecified atom stereocenters. The highest BCUT2D eigenvalue weighted by molar-refractivity contribution is 14.0. The zero-order chi connectivity index (χ0) is 19.6. The predicted molar refractivity (Wildman–Crippen MR) is 127 cm³/mol. The van der Waals surface area contributed by atoms with Crippen LogP contribution >= 0.6 is 35.3 Å². The highest BCUT2D eigenvalue weighted by Gasteiger charge is 2.09. The fourth-order valence-corrected chi connectivity index (χ4v) is 3.62. The minimum atomic E-state index is 0.